The van der Waals surface area contributed by atoms with Gasteiger partial charge in [0, 0.05) is 25.1 Å². The number of benzene rings is 1. The number of nitrogens with one attached hydrogen (secondary N) is 1. The van der Waals surface area contributed by atoms with E-state index < -0.39 is 23.9 Å². The van der Waals surface area contributed by atoms with Crippen LogP contribution in [0.3, 0.4) is 0 Å². The summed E-state index contributed by atoms with van der Waals surface area (Å²) in [6.07, 6.45) is 0.285. The first-order valence-electron chi connectivity index (χ1n) is 6.17. The molecule has 3 amide bonds. The molecule has 4 N–H and O–H groups in total. The molecular formula is C13H15N3O4. The Morgan fingerprint density at radius 1 is 1.35 bits per heavy atom. The number of hydrogen-bond donors (Lipinski definition) is 3. The van der Waals surface area contributed by atoms with E-state index in [9.17, 15) is 19.5 Å². The summed E-state index contributed by atoms with van der Waals surface area (Å²) >= 11 is 0. The number of carboxylic acids is 1. The highest BCUT2D eigenvalue weighted by Gasteiger charge is 2.38. The van der Waals surface area contributed by atoms with Crippen LogP contribution in [0.25, 0.3) is 0 Å². The van der Waals surface area contributed by atoms with Crippen molar-refractivity contribution in [3.8, 4) is 0 Å². The van der Waals surface area contributed by atoms with Crippen LogP contribution in [0.4, 0.5) is 10.5 Å². The quantitative estimate of drug-likeness (QED) is 0.723. The van der Waals surface area contributed by atoms with E-state index in [0.717, 1.165) is 5.56 Å². The second kappa shape index (κ2) is 5.60. The lowest BCUT2D eigenvalue weighted by molar-refractivity contribution is -0.138. The molecule has 0 bridgehead atoms. The Bertz CT molecular complexity index is 558. The maximum Gasteiger partial charge on any atom is 0.327 e. The second-order valence-corrected chi connectivity index (χ2v) is 4.51. The molecule has 7 nitrogen and oxygen atoms in total. The topological polar surface area (TPSA) is 113 Å². The summed E-state index contributed by atoms with van der Waals surface area (Å²) in [6, 6.07) is 5.57. The maximum absolute atomic E-state index is 12.1. The lowest BCUT2D eigenvalue weighted by Gasteiger charge is -2.22. The zero-order valence-corrected chi connectivity index (χ0v) is 10.7. The minimum absolute atomic E-state index is 0.0129. The molecule has 0 saturated heterocycles. The first-order valence-corrected chi connectivity index (χ1v) is 6.17. The van der Waals surface area contributed by atoms with E-state index >= 15 is 0 Å². The van der Waals surface area contributed by atoms with Crippen LogP contribution in [0.5, 0.6) is 0 Å². The molecule has 1 aromatic carbocycles. The van der Waals surface area contributed by atoms with Crippen molar-refractivity contribution in [3.05, 3.63) is 29.8 Å². The van der Waals surface area contributed by atoms with Crippen LogP contribution in [0.15, 0.2) is 24.3 Å². The molecule has 20 heavy (non-hydrogen) atoms. The molecule has 0 aliphatic carbocycles. The molecule has 2 rings (SSSR count). The fourth-order valence-electron chi connectivity index (χ4n) is 2.21. The molecule has 0 saturated carbocycles. The molecule has 0 fully saturated rings. The number of amides is 3. The Labute approximate surface area is 115 Å². The van der Waals surface area contributed by atoms with Crippen LogP contribution in [-0.4, -0.2) is 35.6 Å². The summed E-state index contributed by atoms with van der Waals surface area (Å²) in [7, 11) is 0. The van der Waals surface area contributed by atoms with Crippen LogP contribution in [0.1, 0.15) is 12.0 Å². The monoisotopic (exact) mass is 277 g/mol. The normalized spacial score (nSPS) is 16.6. The predicted octanol–water partition coefficient (Wildman–Crippen LogP) is 0.0873. The number of carboxylic acid groups (broad SMARTS) is 1. The molecule has 1 aliphatic heterocycles. The Morgan fingerprint density at radius 2 is 2.05 bits per heavy atom. The van der Waals surface area contributed by atoms with Gasteiger partial charge >= 0.3 is 12.0 Å². The van der Waals surface area contributed by atoms with E-state index in [2.05, 4.69) is 5.32 Å². The number of rotatable bonds is 4. The van der Waals surface area contributed by atoms with Crippen molar-refractivity contribution in [3.63, 3.8) is 0 Å². The van der Waals surface area contributed by atoms with E-state index in [1.54, 1.807) is 24.3 Å². The van der Waals surface area contributed by atoms with Crippen molar-refractivity contribution in [1.82, 2.24) is 5.32 Å². The Kier molecular flexibility index (Phi) is 3.88. The summed E-state index contributed by atoms with van der Waals surface area (Å²) in [4.78, 5) is 35.2. The molecule has 1 aromatic rings. The standard InChI is InChI=1S/C13H15N3O4/c14-11(17)5-6-15-13(20)16-9-4-2-1-3-8(9)7-10(16)12(18)19/h1-4,10H,5-7H2,(H2,14,17)(H,15,20)(H,18,19)/t10-/m0/s1. The first-order chi connectivity index (χ1) is 9.50. The summed E-state index contributed by atoms with van der Waals surface area (Å²) in [5, 5.41) is 11.7. The third-order valence-corrected chi connectivity index (χ3v) is 3.13. The molecule has 0 aromatic heterocycles. The second-order valence-electron chi connectivity index (χ2n) is 4.51. The molecule has 1 aliphatic rings. The van der Waals surface area contributed by atoms with Gasteiger partial charge in [-0.15, -0.1) is 0 Å². The van der Waals surface area contributed by atoms with E-state index in [4.69, 9.17) is 5.73 Å². The average molecular weight is 277 g/mol. The molecule has 106 valence electrons. The molecular weight excluding hydrogens is 262 g/mol. The predicted molar refractivity (Wildman–Crippen MR) is 71.3 cm³/mol. The van der Waals surface area contributed by atoms with Crippen LogP contribution in [0, 0.1) is 0 Å². The number of aliphatic carboxylic acids is 1. The zero-order valence-electron chi connectivity index (χ0n) is 10.7. The number of hydrogen-bond acceptors (Lipinski definition) is 3. The summed E-state index contributed by atoms with van der Waals surface area (Å²) in [6.45, 7) is 0.0825. The van der Waals surface area contributed by atoms with E-state index in [1.165, 1.54) is 4.90 Å². The number of carbonyl (C=O) groups is 3. The minimum Gasteiger partial charge on any atom is -0.480 e. The van der Waals surface area contributed by atoms with Crippen molar-refractivity contribution in [2.75, 3.05) is 11.4 Å². The Morgan fingerprint density at radius 3 is 2.70 bits per heavy atom. The van der Waals surface area contributed by atoms with Crippen molar-refractivity contribution in [1.29, 1.82) is 0 Å². The first kappa shape index (κ1) is 13.9. The molecule has 0 radical (unpaired) electrons. The number of anilines is 1. The molecule has 0 unspecified atom stereocenters. The highest BCUT2D eigenvalue weighted by molar-refractivity contribution is 6.01. The number of nitrogens with zero attached hydrogens (tertiary/aromatic N) is 1. The lowest BCUT2D eigenvalue weighted by Crippen LogP contribution is -2.48. The smallest absolute Gasteiger partial charge is 0.327 e. The van der Waals surface area contributed by atoms with Crippen LogP contribution in [0.2, 0.25) is 0 Å². The highest BCUT2D eigenvalue weighted by Crippen LogP contribution is 2.32. The Balaban J connectivity index is 2.16. The number of nitrogens with two attached hydrogens (primary N) is 1. The fraction of sp³-hybridized carbons (Fsp3) is 0.308. The Hall–Kier alpha value is -2.57. The van der Waals surface area contributed by atoms with Gasteiger partial charge in [0.15, 0.2) is 0 Å². The summed E-state index contributed by atoms with van der Waals surface area (Å²) < 4.78 is 0. The van der Waals surface area contributed by atoms with Crippen molar-refractivity contribution >= 4 is 23.6 Å². The van der Waals surface area contributed by atoms with E-state index in [1.807, 2.05) is 0 Å². The lowest BCUT2D eigenvalue weighted by atomic mass is 10.1. The van der Waals surface area contributed by atoms with Gasteiger partial charge < -0.3 is 16.2 Å². The van der Waals surface area contributed by atoms with Crippen molar-refractivity contribution in [2.45, 2.75) is 18.9 Å². The minimum atomic E-state index is -1.06. The van der Waals surface area contributed by atoms with Crippen molar-refractivity contribution in [2.24, 2.45) is 5.73 Å². The zero-order chi connectivity index (χ0) is 14.7. The molecule has 7 heteroatoms. The molecule has 1 atom stereocenters. The molecule has 0 spiro atoms. The van der Waals surface area contributed by atoms with Gasteiger partial charge in [0.25, 0.3) is 0 Å². The number of urea groups is 1. The SMILES string of the molecule is NC(=O)CCNC(=O)N1c2ccccc2C[C@H]1C(=O)O. The summed E-state index contributed by atoms with van der Waals surface area (Å²) in [5.74, 6) is -1.59. The van der Waals surface area contributed by atoms with Crippen LogP contribution >= 0.6 is 0 Å². The van der Waals surface area contributed by atoms with Crippen molar-refractivity contribution < 1.29 is 19.5 Å². The molecule has 1 heterocycles. The van der Waals surface area contributed by atoms with Gasteiger partial charge in [-0.05, 0) is 11.6 Å². The number of para-hydroxylation sites is 1. The van der Waals surface area contributed by atoms with Gasteiger partial charge in [-0.1, -0.05) is 18.2 Å². The number of carbonyl (C=O) groups excluding carboxylic acids is 2. The largest absolute Gasteiger partial charge is 0.480 e. The van der Waals surface area contributed by atoms with Gasteiger partial charge in [0.2, 0.25) is 5.91 Å². The van der Waals surface area contributed by atoms with Gasteiger partial charge in [-0.2, -0.15) is 0 Å². The number of primary amides is 1. The van der Waals surface area contributed by atoms with Gasteiger partial charge in [0.1, 0.15) is 6.04 Å². The van der Waals surface area contributed by atoms with E-state index in [-0.39, 0.29) is 19.4 Å². The van der Waals surface area contributed by atoms with Gasteiger partial charge in [-0.3, -0.25) is 9.69 Å². The summed E-state index contributed by atoms with van der Waals surface area (Å²) in [5.41, 5.74) is 6.38. The third-order valence-electron chi connectivity index (χ3n) is 3.13. The maximum atomic E-state index is 12.1. The fourth-order valence-corrected chi connectivity index (χ4v) is 2.21. The van der Waals surface area contributed by atoms with E-state index in [0.29, 0.717) is 5.69 Å². The van der Waals surface area contributed by atoms with Gasteiger partial charge in [0.05, 0.1) is 0 Å². The van der Waals surface area contributed by atoms with Crippen LogP contribution < -0.4 is 16.0 Å². The average Bonchev–Trinajstić information content (AvgIpc) is 2.77. The highest BCUT2D eigenvalue weighted by atomic mass is 16.4. The van der Waals surface area contributed by atoms with Crippen LogP contribution in [-0.2, 0) is 16.0 Å². The number of fused-ring (bicyclic) bond motifs is 1. The van der Waals surface area contributed by atoms with Gasteiger partial charge in [-0.25, -0.2) is 9.59 Å². The third kappa shape index (κ3) is 2.71.